The smallest absolute Gasteiger partial charge is 0.0589 e. The van der Waals surface area contributed by atoms with Crippen molar-refractivity contribution in [3.8, 4) is 0 Å². The molecule has 104 valence electrons. The maximum atomic E-state index is 5.11. The van der Waals surface area contributed by atoms with Crippen LogP contribution in [0.4, 0.5) is 0 Å². The van der Waals surface area contributed by atoms with Crippen molar-refractivity contribution in [3.05, 3.63) is 0 Å². The van der Waals surface area contributed by atoms with Gasteiger partial charge in [0.25, 0.3) is 0 Å². The van der Waals surface area contributed by atoms with Crippen LogP contribution in [0.15, 0.2) is 0 Å². The van der Waals surface area contributed by atoms with Gasteiger partial charge in [-0.1, -0.05) is 13.8 Å². The van der Waals surface area contributed by atoms with E-state index in [1.807, 2.05) is 0 Å². The van der Waals surface area contributed by atoms with E-state index in [-0.39, 0.29) is 0 Å². The van der Waals surface area contributed by atoms with Gasteiger partial charge in [-0.3, -0.25) is 4.90 Å². The van der Waals surface area contributed by atoms with Crippen molar-refractivity contribution in [2.75, 3.05) is 60.2 Å². The summed E-state index contributed by atoms with van der Waals surface area (Å²) in [6.07, 6.45) is 1.25. The number of hydrogen-bond donors (Lipinski definition) is 1. The summed E-state index contributed by atoms with van der Waals surface area (Å²) in [4.78, 5) is 2.37. The highest BCUT2D eigenvalue weighted by molar-refractivity contribution is 4.60. The van der Waals surface area contributed by atoms with Crippen LogP contribution in [0.2, 0.25) is 0 Å². The topological polar surface area (TPSA) is 33.7 Å². The van der Waals surface area contributed by atoms with Gasteiger partial charge in [0.15, 0.2) is 0 Å². The monoisotopic (exact) mass is 246 g/mol. The Bertz CT molecular complexity index is 146. The van der Waals surface area contributed by atoms with E-state index in [1.54, 1.807) is 14.2 Å². The summed E-state index contributed by atoms with van der Waals surface area (Å²) in [7, 11) is 3.49. The standard InChI is InChI=1S/C13H30N2O2/c1-13(2)5-6-14-7-8-15(9-11-16-3)10-12-17-4/h13-14H,5-12H2,1-4H3. The molecule has 0 heterocycles. The predicted octanol–water partition coefficient (Wildman–Crippen LogP) is 1.22. The van der Waals surface area contributed by atoms with Crippen molar-refractivity contribution in [2.45, 2.75) is 20.3 Å². The summed E-state index contributed by atoms with van der Waals surface area (Å²) in [6.45, 7) is 11.3. The first kappa shape index (κ1) is 16.8. The van der Waals surface area contributed by atoms with Gasteiger partial charge in [0.2, 0.25) is 0 Å². The van der Waals surface area contributed by atoms with Gasteiger partial charge in [0.05, 0.1) is 13.2 Å². The Hall–Kier alpha value is -0.160. The Morgan fingerprint density at radius 3 is 2.00 bits per heavy atom. The lowest BCUT2D eigenvalue weighted by Gasteiger charge is -2.21. The lowest BCUT2D eigenvalue weighted by atomic mass is 10.1. The second-order valence-electron chi connectivity index (χ2n) is 4.76. The van der Waals surface area contributed by atoms with Crippen molar-refractivity contribution in [2.24, 2.45) is 5.92 Å². The van der Waals surface area contributed by atoms with Crippen molar-refractivity contribution < 1.29 is 9.47 Å². The Morgan fingerprint density at radius 1 is 0.941 bits per heavy atom. The molecule has 0 atom stereocenters. The van der Waals surface area contributed by atoms with E-state index in [1.165, 1.54) is 6.42 Å². The molecule has 0 rings (SSSR count). The van der Waals surface area contributed by atoms with Crippen molar-refractivity contribution in [1.82, 2.24) is 10.2 Å². The minimum atomic E-state index is 0.778. The number of ether oxygens (including phenoxy) is 2. The molecule has 0 bridgehead atoms. The third-order valence-electron chi connectivity index (χ3n) is 2.73. The molecular formula is C13H30N2O2. The van der Waals surface area contributed by atoms with E-state index >= 15 is 0 Å². The number of hydrogen-bond acceptors (Lipinski definition) is 4. The van der Waals surface area contributed by atoms with Gasteiger partial charge >= 0.3 is 0 Å². The molecule has 0 aromatic heterocycles. The molecule has 0 aliphatic rings. The summed E-state index contributed by atoms with van der Waals surface area (Å²) in [5, 5.41) is 3.48. The van der Waals surface area contributed by atoms with Crippen LogP contribution in [-0.4, -0.2) is 65.1 Å². The second-order valence-corrected chi connectivity index (χ2v) is 4.76. The van der Waals surface area contributed by atoms with Gasteiger partial charge in [0.1, 0.15) is 0 Å². The summed E-state index contributed by atoms with van der Waals surface area (Å²) < 4.78 is 10.2. The number of nitrogens with zero attached hydrogens (tertiary/aromatic N) is 1. The maximum Gasteiger partial charge on any atom is 0.0589 e. The Morgan fingerprint density at radius 2 is 1.53 bits per heavy atom. The van der Waals surface area contributed by atoms with Crippen LogP contribution in [0, 0.1) is 5.92 Å². The number of methoxy groups -OCH3 is 2. The van der Waals surface area contributed by atoms with Crippen LogP contribution in [0.1, 0.15) is 20.3 Å². The first-order valence-electron chi connectivity index (χ1n) is 6.61. The van der Waals surface area contributed by atoms with E-state index in [0.29, 0.717) is 0 Å². The molecule has 4 heteroatoms. The molecule has 0 aromatic rings. The fourth-order valence-corrected chi connectivity index (χ4v) is 1.53. The highest BCUT2D eigenvalue weighted by atomic mass is 16.5. The van der Waals surface area contributed by atoms with Crippen molar-refractivity contribution in [3.63, 3.8) is 0 Å². The quantitative estimate of drug-likeness (QED) is 0.525. The summed E-state index contributed by atoms with van der Waals surface area (Å²) in [5.74, 6) is 0.778. The van der Waals surface area contributed by atoms with E-state index in [9.17, 15) is 0 Å². The second kappa shape index (κ2) is 12.3. The first-order valence-corrected chi connectivity index (χ1v) is 6.61. The molecular weight excluding hydrogens is 216 g/mol. The maximum absolute atomic E-state index is 5.11. The molecule has 0 saturated heterocycles. The lowest BCUT2D eigenvalue weighted by molar-refractivity contribution is 0.114. The molecule has 0 aromatic carbocycles. The van der Waals surface area contributed by atoms with Gasteiger partial charge in [-0.25, -0.2) is 0 Å². The minimum absolute atomic E-state index is 0.778. The van der Waals surface area contributed by atoms with Crippen LogP contribution >= 0.6 is 0 Å². The fraction of sp³-hybridized carbons (Fsp3) is 1.00. The molecule has 1 N–H and O–H groups in total. The van der Waals surface area contributed by atoms with Gasteiger partial charge in [-0.15, -0.1) is 0 Å². The molecule has 17 heavy (non-hydrogen) atoms. The van der Waals surface area contributed by atoms with E-state index in [2.05, 4.69) is 24.1 Å². The van der Waals surface area contributed by atoms with Crippen LogP contribution in [-0.2, 0) is 9.47 Å². The zero-order valence-electron chi connectivity index (χ0n) is 12.0. The minimum Gasteiger partial charge on any atom is -0.383 e. The summed E-state index contributed by atoms with van der Waals surface area (Å²) in [5.41, 5.74) is 0. The summed E-state index contributed by atoms with van der Waals surface area (Å²) >= 11 is 0. The lowest BCUT2D eigenvalue weighted by Crippen LogP contribution is -2.36. The van der Waals surface area contributed by atoms with Gasteiger partial charge < -0.3 is 14.8 Å². The molecule has 0 unspecified atom stereocenters. The van der Waals surface area contributed by atoms with Crippen molar-refractivity contribution >= 4 is 0 Å². The average molecular weight is 246 g/mol. The third-order valence-corrected chi connectivity index (χ3v) is 2.73. The molecule has 0 aliphatic carbocycles. The van der Waals surface area contributed by atoms with Crippen LogP contribution in [0.3, 0.4) is 0 Å². The molecule has 0 fully saturated rings. The van der Waals surface area contributed by atoms with Crippen LogP contribution < -0.4 is 5.32 Å². The molecule has 4 nitrogen and oxygen atoms in total. The van der Waals surface area contributed by atoms with Gasteiger partial charge in [0, 0.05) is 40.4 Å². The van der Waals surface area contributed by atoms with Crippen LogP contribution in [0.5, 0.6) is 0 Å². The SMILES string of the molecule is COCCN(CCNCCC(C)C)CCOC. The number of rotatable bonds is 12. The third kappa shape index (κ3) is 12.1. The van der Waals surface area contributed by atoms with E-state index < -0.39 is 0 Å². The zero-order chi connectivity index (χ0) is 12.9. The predicted molar refractivity (Wildman–Crippen MR) is 72.5 cm³/mol. The highest BCUT2D eigenvalue weighted by Crippen LogP contribution is 1.96. The normalized spacial score (nSPS) is 11.6. The zero-order valence-corrected chi connectivity index (χ0v) is 12.0. The van der Waals surface area contributed by atoms with Gasteiger partial charge in [-0.2, -0.15) is 0 Å². The average Bonchev–Trinajstić information content (AvgIpc) is 2.30. The molecule has 0 amide bonds. The molecule has 0 aliphatic heterocycles. The first-order chi connectivity index (χ1) is 8.20. The molecule has 0 radical (unpaired) electrons. The van der Waals surface area contributed by atoms with E-state index in [0.717, 1.165) is 51.9 Å². The fourth-order valence-electron chi connectivity index (χ4n) is 1.53. The Labute approximate surface area is 107 Å². The van der Waals surface area contributed by atoms with E-state index in [4.69, 9.17) is 9.47 Å². The van der Waals surface area contributed by atoms with Crippen molar-refractivity contribution in [1.29, 1.82) is 0 Å². The molecule has 0 spiro atoms. The Balaban J connectivity index is 3.52. The summed E-state index contributed by atoms with van der Waals surface area (Å²) in [6, 6.07) is 0. The largest absolute Gasteiger partial charge is 0.383 e. The molecule has 0 saturated carbocycles. The number of nitrogens with one attached hydrogen (secondary N) is 1. The highest BCUT2D eigenvalue weighted by Gasteiger charge is 2.03. The van der Waals surface area contributed by atoms with Gasteiger partial charge in [-0.05, 0) is 18.9 Å². The van der Waals surface area contributed by atoms with Crippen LogP contribution in [0.25, 0.3) is 0 Å². The Kier molecular flexibility index (Phi) is 12.2.